The summed E-state index contributed by atoms with van der Waals surface area (Å²) in [5.41, 5.74) is 6.20. The van der Waals surface area contributed by atoms with Crippen LogP contribution in [0.3, 0.4) is 0 Å². The molecule has 114 valence electrons. The Kier molecular flexibility index (Phi) is 7.11. The summed E-state index contributed by atoms with van der Waals surface area (Å²) in [4.78, 5) is 1.45. The van der Waals surface area contributed by atoms with Crippen molar-refractivity contribution in [2.45, 2.75) is 68.9 Å². The summed E-state index contributed by atoms with van der Waals surface area (Å²) in [5, 5.41) is 0.849. The van der Waals surface area contributed by atoms with Gasteiger partial charge in [0.2, 0.25) is 0 Å². The first kappa shape index (κ1) is 17.6. The van der Waals surface area contributed by atoms with Crippen LogP contribution in [-0.4, -0.2) is 12.3 Å². The summed E-state index contributed by atoms with van der Waals surface area (Å²) in [6.45, 7) is 9.21. The Morgan fingerprint density at radius 1 is 0.950 bits per heavy atom. The molecular weight excluding hydrogens is 262 g/mol. The maximum Gasteiger partial charge on any atom is 0.00946 e. The van der Waals surface area contributed by atoms with Gasteiger partial charge in [0.1, 0.15) is 0 Å². The molecule has 0 spiro atoms. The third-order valence-electron chi connectivity index (χ3n) is 3.99. The van der Waals surface area contributed by atoms with E-state index in [1.54, 1.807) is 0 Å². The highest BCUT2D eigenvalue weighted by Gasteiger charge is 2.19. The van der Waals surface area contributed by atoms with Crippen LogP contribution in [-0.2, 0) is 5.41 Å². The molecule has 2 N–H and O–H groups in total. The van der Waals surface area contributed by atoms with Crippen molar-refractivity contribution in [3.05, 3.63) is 29.8 Å². The Balaban J connectivity index is 0.000000956. The molecule has 1 aromatic rings. The first-order valence-electron chi connectivity index (χ1n) is 7.80. The van der Waals surface area contributed by atoms with Crippen LogP contribution in [0.2, 0.25) is 0 Å². The van der Waals surface area contributed by atoms with E-state index < -0.39 is 0 Å². The summed E-state index contributed by atoms with van der Waals surface area (Å²) < 4.78 is 0. The summed E-state index contributed by atoms with van der Waals surface area (Å²) in [7, 11) is 1.50. The Morgan fingerprint density at radius 2 is 1.45 bits per heavy atom. The van der Waals surface area contributed by atoms with Crippen LogP contribution in [0.1, 0.15) is 58.9 Å². The van der Waals surface area contributed by atoms with E-state index in [0.29, 0.717) is 0 Å². The number of hydrogen-bond donors (Lipinski definition) is 1. The molecule has 0 saturated heterocycles. The van der Waals surface area contributed by atoms with E-state index in [4.69, 9.17) is 0 Å². The number of thioether (sulfide) groups is 1. The van der Waals surface area contributed by atoms with Crippen LogP contribution < -0.4 is 5.73 Å². The maximum absolute atomic E-state index is 4.50. The van der Waals surface area contributed by atoms with Crippen molar-refractivity contribution in [1.82, 2.24) is 0 Å². The topological polar surface area (TPSA) is 26.0 Å². The lowest BCUT2D eigenvalue weighted by atomic mass is 9.87. The van der Waals surface area contributed by atoms with E-state index in [-0.39, 0.29) is 5.41 Å². The molecule has 0 radical (unpaired) electrons. The van der Waals surface area contributed by atoms with E-state index >= 15 is 0 Å². The van der Waals surface area contributed by atoms with E-state index in [1.165, 1.54) is 43.2 Å². The minimum atomic E-state index is 0.267. The molecule has 0 atom stereocenters. The van der Waals surface area contributed by atoms with Crippen molar-refractivity contribution in [3.63, 3.8) is 0 Å². The Bertz CT molecular complexity index is 369. The predicted octanol–water partition coefficient (Wildman–Crippen LogP) is 5.23. The zero-order valence-electron chi connectivity index (χ0n) is 13.8. The van der Waals surface area contributed by atoms with E-state index in [1.807, 2.05) is 0 Å². The normalized spacial score (nSPS) is 22.9. The molecule has 1 nitrogen and oxygen atoms in total. The maximum atomic E-state index is 4.50. The summed E-state index contributed by atoms with van der Waals surface area (Å²) in [5.74, 6) is 0.949. The third-order valence-corrected chi connectivity index (χ3v) is 5.34. The largest absolute Gasteiger partial charge is 0.333 e. The molecule has 0 unspecified atom stereocenters. The van der Waals surface area contributed by atoms with Gasteiger partial charge in [-0.1, -0.05) is 39.8 Å². The minimum absolute atomic E-state index is 0.267. The second kappa shape index (κ2) is 8.09. The van der Waals surface area contributed by atoms with Crippen LogP contribution in [0.25, 0.3) is 0 Å². The highest BCUT2D eigenvalue weighted by molar-refractivity contribution is 8.00. The average molecular weight is 294 g/mol. The van der Waals surface area contributed by atoms with Gasteiger partial charge in [0.25, 0.3) is 0 Å². The summed E-state index contributed by atoms with van der Waals surface area (Å²) in [6.07, 6.45) is 5.62. The van der Waals surface area contributed by atoms with E-state index in [2.05, 4.69) is 69.5 Å². The van der Waals surface area contributed by atoms with Gasteiger partial charge in [0, 0.05) is 10.1 Å². The van der Waals surface area contributed by atoms with Gasteiger partial charge >= 0.3 is 0 Å². The number of benzene rings is 1. The van der Waals surface area contributed by atoms with Crippen LogP contribution in [0, 0.1) is 5.92 Å². The molecule has 0 heterocycles. The summed E-state index contributed by atoms with van der Waals surface area (Å²) in [6, 6.07) is 9.22. The van der Waals surface area contributed by atoms with Gasteiger partial charge in [-0.05, 0) is 61.8 Å². The zero-order chi connectivity index (χ0) is 15.2. The monoisotopic (exact) mass is 293 g/mol. The van der Waals surface area contributed by atoms with Gasteiger partial charge in [-0.25, -0.2) is 0 Å². The minimum Gasteiger partial charge on any atom is -0.333 e. The molecule has 1 aliphatic rings. The van der Waals surface area contributed by atoms with Gasteiger partial charge in [0.15, 0.2) is 0 Å². The Hall–Kier alpha value is -0.470. The zero-order valence-corrected chi connectivity index (χ0v) is 14.6. The molecule has 1 fully saturated rings. The molecule has 20 heavy (non-hydrogen) atoms. The lowest BCUT2D eigenvalue weighted by Gasteiger charge is -2.26. The molecule has 2 heteroatoms. The second-order valence-corrected chi connectivity index (χ2v) is 8.15. The van der Waals surface area contributed by atoms with Crippen LogP contribution in [0.15, 0.2) is 29.2 Å². The first-order valence-corrected chi connectivity index (χ1v) is 8.68. The fourth-order valence-corrected chi connectivity index (χ4v) is 3.76. The van der Waals surface area contributed by atoms with E-state index in [0.717, 1.165) is 11.2 Å². The van der Waals surface area contributed by atoms with Crippen molar-refractivity contribution in [1.29, 1.82) is 0 Å². The molecule has 1 aromatic carbocycles. The molecule has 0 aromatic heterocycles. The number of hydrogen-bond acceptors (Lipinski definition) is 2. The average Bonchev–Trinajstić information content (AvgIpc) is 2.43. The summed E-state index contributed by atoms with van der Waals surface area (Å²) >= 11 is 2.09. The molecule has 1 saturated carbocycles. The van der Waals surface area contributed by atoms with Gasteiger partial charge < -0.3 is 5.73 Å². The highest BCUT2D eigenvalue weighted by atomic mass is 32.2. The van der Waals surface area contributed by atoms with E-state index in [9.17, 15) is 0 Å². The number of rotatable bonds is 2. The lowest BCUT2D eigenvalue weighted by molar-refractivity contribution is 0.393. The number of nitrogens with two attached hydrogens (primary N) is 1. The van der Waals surface area contributed by atoms with Crippen molar-refractivity contribution in [2.24, 2.45) is 11.7 Å². The standard InChI is InChI=1S/C17H26S.CH5N/c1-13-5-9-15(10-6-13)18-16-11-7-14(8-12-16)17(2,3)4;1-2/h7-8,11-13,15H,5-6,9-10H2,1-4H3;2H2,1H3. The highest BCUT2D eigenvalue weighted by Crippen LogP contribution is 2.36. The SMILES string of the molecule is CC1CCC(Sc2ccc(C(C)(C)C)cc2)CC1.CN. The Labute approximate surface area is 129 Å². The lowest BCUT2D eigenvalue weighted by Crippen LogP contribution is -2.14. The van der Waals surface area contributed by atoms with Crippen LogP contribution >= 0.6 is 11.8 Å². The third kappa shape index (κ3) is 5.49. The van der Waals surface area contributed by atoms with Crippen molar-refractivity contribution in [2.75, 3.05) is 7.05 Å². The van der Waals surface area contributed by atoms with Gasteiger partial charge in [0.05, 0.1) is 0 Å². The molecule has 0 bridgehead atoms. The Morgan fingerprint density at radius 3 is 1.90 bits per heavy atom. The van der Waals surface area contributed by atoms with Crippen molar-refractivity contribution in [3.8, 4) is 0 Å². The van der Waals surface area contributed by atoms with Crippen LogP contribution in [0.4, 0.5) is 0 Å². The van der Waals surface area contributed by atoms with Crippen LogP contribution in [0.5, 0.6) is 0 Å². The molecule has 1 aliphatic carbocycles. The smallest absolute Gasteiger partial charge is 0.00946 e. The predicted molar refractivity (Wildman–Crippen MR) is 92.5 cm³/mol. The van der Waals surface area contributed by atoms with Gasteiger partial charge in [-0.3, -0.25) is 0 Å². The molecule has 0 aliphatic heterocycles. The quantitative estimate of drug-likeness (QED) is 0.808. The molecular formula is C18H31NS. The van der Waals surface area contributed by atoms with Gasteiger partial charge in [-0.15, -0.1) is 11.8 Å². The first-order chi connectivity index (χ1) is 9.45. The van der Waals surface area contributed by atoms with Crippen molar-refractivity contribution < 1.29 is 0 Å². The van der Waals surface area contributed by atoms with Crippen molar-refractivity contribution >= 4 is 11.8 Å². The molecule has 0 amide bonds. The fraction of sp³-hybridized carbons (Fsp3) is 0.667. The van der Waals surface area contributed by atoms with Gasteiger partial charge in [-0.2, -0.15) is 0 Å². The second-order valence-electron chi connectivity index (χ2n) is 6.77. The molecule has 2 rings (SSSR count). The fourth-order valence-electron chi connectivity index (χ4n) is 2.57.